The van der Waals surface area contributed by atoms with Crippen LogP contribution in [-0.4, -0.2) is 34.0 Å². The summed E-state index contributed by atoms with van der Waals surface area (Å²) in [7, 11) is 0. The van der Waals surface area contributed by atoms with E-state index in [9.17, 15) is 0 Å². The number of fused-ring (bicyclic) bond motifs is 1. The van der Waals surface area contributed by atoms with Gasteiger partial charge in [0.15, 0.2) is 0 Å². The van der Waals surface area contributed by atoms with E-state index in [4.69, 9.17) is 5.26 Å². The normalized spacial score (nSPS) is 17.6. The van der Waals surface area contributed by atoms with Crippen molar-refractivity contribution in [3.63, 3.8) is 0 Å². The Bertz CT molecular complexity index is 776. The zero-order valence-electron chi connectivity index (χ0n) is 13.7. The van der Waals surface area contributed by atoms with Gasteiger partial charge < -0.3 is 5.32 Å². The van der Waals surface area contributed by atoms with Gasteiger partial charge >= 0.3 is 0 Å². The lowest BCUT2D eigenvalue weighted by Crippen LogP contribution is -2.26. The van der Waals surface area contributed by atoms with Gasteiger partial charge in [0.05, 0.1) is 17.3 Å². The van der Waals surface area contributed by atoms with Crippen LogP contribution in [0.1, 0.15) is 35.2 Å². The number of benzene rings is 1. The molecule has 1 aliphatic carbocycles. The molecule has 4 rings (SSSR count). The first kappa shape index (κ1) is 15.1. The second-order valence-electron chi connectivity index (χ2n) is 6.65. The Labute approximate surface area is 142 Å². The Hall–Kier alpha value is -2.45. The van der Waals surface area contributed by atoms with Crippen LogP contribution in [-0.2, 0) is 19.4 Å². The van der Waals surface area contributed by atoms with Gasteiger partial charge in [-0.05, 0) is 37.0 Å². The first-order valence-electron chi connectivity index (χ1n) is 8.62. The molecule has 24 heavy (non-hydrogen) atoms. The van der Waals surface area contributed by atoms with Gasteiger partial charge in [-0.2, -0.15) is 5.26 Å². The van der Waals surface area contributed by atoms with Gasteiger partial charge in [-0.3, -0.25) is 4.90 Å². The molecule has 0 atom stereocenters. The van der Waals surface area contributed by atoms with Gasteiger partial charge in [0.1, 0.15) is 12.1 Å². The molecule has 1 aliphatic heterocycles. The van der Waals surface area contributed by atoms with Crippen LogP contribution < -0.4 is 5.32 Å². The molecule has 1 N–H and O–H groups in total. The summed E-state index contributed by atoms with van der Waals surface area (Å²) in [6.07, 6.45) is 6.12. The van der Waals surface area contributed by atoms with E-state index in [0.717, 1.165) is 43.9 Å². The molecule has 1 aromatic heterocycles. The van der Waals surface area contributed by atoms with Crippen molar-refractivity contribution in [2.75, 3.05) is 18.4 Å². The first-order chi connectivity index (χ1) is 11.8. The van der Waals surface area contributed by atoms with E-state index < -0.39 is 0 Å². The number of rotatable bonds is 4. The van der Waals surface area contributed by atoms with Crippen LogP contribution in [0.5, 0.6) is 0 Å². The van der Waals surface area contributed by atoms with Crippen LogP contribution in [0.2, 0.25) is 0 Å². The maximum atomic E-state index is 9.05. The summed E-state index contributed by atoms with van der Waals surface area (Å²) in [5.41, 5.74) is 4.40. The fourth-order valence-electron chi connectivity index (χ4n) is 3.27. The number of anilines is 1. The largest absolute Gasteiger partial charge is 0.367 e. The first-order valence-corrected chi connectivity index (χ1v) is 8.62. The van der Waals surface area contributed by atoms with E-state index in [-0.39, 0.29) is 0 Å². The molecule has 0 radical (unpaired) electrons. The van der Waals surface area contributed by atoms with Crippen molar-refractivity contribution in [2.45, 2.75) is 38.3 Å². The van der Waals surface area contributed by atoms with E-state index in [1.54, 1.807) is 6.33 Å². The van der Waals surface area contributed by atoms with E-state index in [2.05, 4.69) is 32.3 Å². The third kappa shape index (κ3) is 3.39. The van der Waals surface area contributed by atoms with Crippen molar-refractivity contribution >= 4 is 5.82 Å². The van der Waals surface area contributed by atoms with E-state index in [1.807, 2.05) is 18.2 Å². The molecule has 2 aromatic rings. The number of nitriles is 1. The van der Waals surface area contributed by atoms with Crippen LogP contribution in [0, 0.1) is 11.3 Å². The number of hydrogen-bond donors (Lipinski definition) is 1. The molecule has 1 aromatic carbocycles. The Balaban J connectivity index is 1.47. The topological polar surface area (TPSA) is 64.8 Å². The van der Waals surface area contributed by atoms with Crippen molar-refractivity contribution in [1.29, 1.82) is 5.26 Å². The number of nitrogens with one attached hydrogen (secondary N) is 1. The van der Waals surface area contributed by atoms with E-state index in [1.165, 1.54) is 29.7 Å². The minimum Gasteiger partial charge on any atom is -0.367 e. The average molecular weight is 319 g/mol. The van der Waals surface area contributed by atoms with Gasteiger partial charge in [0, 0.05) is 37.7 Å². The lowest BCUT2D eigenvalue weighted by Gasteiger charge is -2.19. The second kappa shape index (κ2) is 6.58. The molecule has 1 fully saturated rings. The van der Waals surface area contributed by atoms with Crippen LogP contribution in [0.25, 0.3) is 0 Å². The van der Waals surface area contributed by atoms with Crippen molar-refractivity contribution < 1.29 is 0 Å². The number of nitrogens with zero attached hydrogens (tertiary/aromatic N) is 4. The van der Waals surface area contributed by atoms with Crippen molar-refractivity contribution in [3.05, 3.63) is 53.0 Å². The van der Waals surface area contributed by atoms with Crippen LogP contribution in [0.4, 0.5) is 5.82 Å². The Morgan fingerprint density at radius 3 is 2.92 bits per heavy atom. The van der Waals surface area contributed by atoms with Crippen molar-refractivity contribution in [1.82, 2.24) is 14.9 Å². The number of aromatic nitrogens is 2. The van der Waals surface area contributed by atoms with Crippen LogP contribution in [0.3, 0.4) is 0 Å². The minimum absolute atomic E-state index is 0.608. The summed E-state index contributed by atoms with van der Waals surface area (Å²) in [5, 5.41) is 12.6. The van der Waals surface area contributed by atoms with Gasteiger partial charge in [0.2, 0.25) is 0 Å². The predicted molar refractivity (Wildman–Crippen MR) is 92.5 cm³/mol. The second-order valence-corrected chi connectivity index (χ2v) is 6.65. The summed E-state index contributed by atoms with van der Waals surface area (Å²) in [4.78, 5) is 11.4. The molecule has 0 saturated heterocycles. The van der Waals surface area contributed by atoms with E-state index >= 15 is 0 Å². The average Bonchev–Trinajstić information content (AvgIpc) is 3.43. The molecule has 122 valence electrons. The molecule has 0 bridgehead atoms. The zero-order chi connectivity index (χ0) is 16.4. The molecule has 0 unspecified atom stereocenters. The SMILES string of the molecule is N#Cc1cccc(CN2CCc3ncnc(NC4CC4)c3CC2)c1. The standard InChI is InChI=1S/C19H21N5/c20-11-14-2-1-3-15(10-14)12-24-8-6-17-18(7-9-24)21-13-22-19(17)23-16-4-5-16/h1-3,10,13,16H,4-9,12H2,(H,21,22,23). The third-order valence-corrected chi connectivity index (χ3v) is 4.76. The maximum absolute atomic E-state index is 9.05. The maximum Gasteiger partial charge on any atom is 0.133 e. The smallest absolute Gasteiger partial charge is 0.133 e. The molecule has 0 amide bonds. The lowest BCUT2D eigenvalue weighted by atomic mass is 10.1. The Morgan fingerprint density at radius 1 is 1.21 bits per heavy atom. The molecule has 2 heterocycles. The van der Waals surface area contributed by atoms with E-state index in [0.29, 0.717) is 6.04 Å². The minimum atomic E-state index is 0.608. The van der Waals surface area contributed by atoms with Gasteiger partial charge in [-0.15, -0.1) is 0 Å². The fraction of sp³-hybridized carbons (Fsp3) is 0.421. The van der Waals surface area contributed by atoms with Crippen LogP contribution in [0.15, 0.2) is 30.6 Å². The highest BCUT2D eigenvalue weighted by molar-refractivity contribution is 5.48. The highest BCUT2D eigenvalue weighted by Gasteiger charge is 2.25. The van der Waals surface area contributed by atoms with Crippen molar-refractivity contribution in [2.24, 2.45) is 0 Å². The monoisotopic (exact) mass is 319 g/mol. The summed E-state index contributed by atoms with van der Waals surface area (Å²) >= 11 is 0. The molecule has 5 heteroatoms. The molecular formula is C19H21N5. The van der Waals surface area contributed by atoms with Gasteiger partial charge in [-0.25, -0.2) is 9.97 Å². The van der Waals surface area contributed by atoms with Gasteiger partial charge in [0.25, 0.3) is 0 Å². The number of hydrogen-bond acceptors (Lipinski definition) is 5. The Kier molecular flexibility index (Phi) is 4.14. The molecule has 1 saturated carbocycles. The van der Waals surface area contributed by atoms with Crippen molar-refractivity contribution in [3.8, 4) is 6.07 Å². The zero-order valence-corrected chi connectivity index (χ0v) is 13.7. The molecule has 5 nitrogen and oxygen atoms in total. The quantitative estimate of drug-likeness (QED) is 0.938. The van der Waals surface area contributed by atoms with Gasteiger partial charge in [-0.1, -0.05) is 12.1 Å². The predicted octanol–water partition coefficient (Wildman–Crippen LogP) is 2.52. The molecule has 2 aliphatic rings. The lowest BCUT2D eigenvalue weighted by molar-refractivity contribution is 0.279. The Morgan fingerprint density at radius 2 is 2.08 bits per heavy atom. The molecule has 0 spiro atoms. The fourth-order valence-corrected chi connectivity index (χ4v) is 3.27. The third-order valence-electron chi connectivity index (χ3n) is 4.76. The summed E-state index contributed by atoms with van der Waals surface area (Å²) in [6.45, 7) is 2.86. The summed E-state index contributed by atoms with van der Waals surface area (Å²) < 4.78 is 0. The van der Waals surface area contributed by atoms with Crippen LogP contribution >= 0.6 is 0 Å². The highest BCUT2D eigenvalue weighted by atomic mass is 15.1. The molecular weight excluding hydrogens is 298 g/mol. The summed E-state index contributed by atoms with van der Waals surface area (Å²) in [6, 6.07) is 10.7. The summed E-state index contributed by atoms with van der Waals surface area (Å²) in [5.74, 6) is 1.04. The highest BCUT2D eigenvalue weighted by Crippen LogP contribution is 2.28.